The van der Waals surface area contributed by atoms with E-state index in [1.165, 1.54) is 11.3 Å². The largest absolute Gasteiger partial charge is 0.383 e. The minimum atomic E-state index is -3.39. The average Bonchev–Trinajstić information content (AvgIpc) is 2.85. The lowest BCUT2D eigenvalue weighted by molar-refractivity contribution is 0.0496. The maximum Gasteiger partial charge on any atom is 0.252 e. The lowest BCUT2D eigenvalue weighted by atomic mass is 10.1. The Kier molecular flexibility index (Phi) is 5.84. The van der Waals surface area contributed by atoms with Crippen molar-refractivity contribution in [3.8, 4) is 0 Å². The van der Waals surface area contributed by atoms with E-state index in [-0.39, 0.29) is 12.1 Å². The summed E-state index contributed by atoms with van der Waals surface area (Å²) in [6, 6.07) is 3.81. The molecule has 2 rings (SSSR count). The maximum atomic E-state index is 12.7. The van der Waals surface area contributed by atoms with Gasteiger partial charge in [-0.3, -0.25) is 4.90 Å². The molecule has 8 heteroatoms. The SMILES string of the molecule is COCCN1C(C)CN(S(=O)(=O)c2ccc(Br)s2)CC1C. The molecule has 1 aliphatic rings. The third-order valence-electron chi connectivity index (χ3n) is 3.76. The number of ether oxygens (including phenoxy) is 1. The number of rotatable bonds is 5. The van der Waals surface area contributed by atoms with Gasteiger partial charge in [-0.15, -0.1) is 11.3 Å². The molecule has 1 aliphatic heterocycles. The number of methoxy groups -OCH3 is 1. The van der Waals surface area contributed by atoms with Crippen LogP contribution in [0.5, 0.6) is 0 Å². The lowest BCUT2D eigenvalue weighted by Crippen LogP contribution is -2.58. The van der Waals surface area contributed by atoms with Crippen molar-refractivity contribution in [2.45, 2.75) is 30.1 Å². The van der Waals surface area contributed by atoms with Crippen molar-refractivity contribution in [3.05, 3.63) is 15.9 Å². The minimum absolute atomic E-state index is 0.182. The molecule has 0 spiro atoms. The van der Waals surface area contributed by atoms with Crippen molar-refractivity contribution in [3.63, 3.8) is 0 Å². The monoisotopic (exact) mass is 396 g/mol. The Morgan fingerprint density at radius 2 is 1.95 bits per heavy atom. The van der Waals surface area contributed by atoms with Crippen LogP contribution < -0.4 is 0 Å². The van der Waals surface area contributed by atoms with E-state index in [1.807, 2.05) is 0 Å². The number of piperazine rings is 1. The van der Waals surface area contributed by atoms with Gasteiger partial charge < -0.3 is 4.74 Å². The minimum Gasteiger partial charge on any atom is -0.383 e. The first-order valence-electron chi connectivity index (χ1n) is 6.86. The fourth-order valence-corrected chi connectivity index (χ4v) is 6.47. The highest BCUT2D eigenvalue weighted by Crippen LogP contribution is 2.30. The summed E-state index contributed by atoms with van der Waals surface area (Å²) >= 11 is 4.58. The first-order valence-corrected chi connectivity index (χ1v) is 9.91. The van der Waals surface area contributed by atoms with Gasteiger partial charge in [-0.05, 0) is 41.9 Å². The zero-order valence-corrected chi connectivity index (χ0v) is 15.7. The van der Waals surface area contributed by atoms with Crippen molar-refractivity contribution in [1.82, 2.24) is 9.21 Å². The fourth-order valence-electron chi connectivity index (χ4n) is 2.71. The molecule has 2 unspecified atom stereocenters. The predicted molar refractivity (Wildman–Crippen MR) is 88.3 cm³/mol. The summed E-state index contributed by atoms with van der Waals surface area (Å²) < 4.78 is 33.3. The molecule has 120 valence electrons. The van der Waals surface area contributed by atoms with E-state index in [9.17, 15) is 8.42 Å². The molecule has 0 amide bonds. The Bertz CT molecular complexity index is 564. The summed E-state index contributed by atoms with van der Waals surface area (Å²) in [5.41, 5.74) is 0. The van der Waals surface area contributed by atoms with E-state index in [1.54, 1.807) is 23.5 Å². The molecule has 2 atom stereocenters. The Labute approximate surface area is 139 Å². The Morgan fingerprint density at radius 1 is 1.33 bits per heavy atom. The second-order valence-electron chi connectivity index (χ2n) is 5.31. The molecule has 1 aromatic heterocycles. The maximum absolute atomic E-state index is 12.7. The van der Waals surface area contributed by atoms with Gasteiger partial charge in [0.25, 0.3) is 10.0 Å². The number of hydrogen-bond donors (Lipinski definition) is 0. The summed E-state index contributed by atoms with van der Waals surface area (Å²) in [6.45, 7) is 6.67. The standard InChI is InChI=1S/C13H21BrN2O3S2/c1-10-8-15(9-11(2)16(10)6-7-19-3)21(17,18)13-5-4-12(14)20-13/h4-5,10-11H,6-9H2,1-3H3. The number of halogens is 1. The molecule has 0 bridgehead atoms. The van der Waals surface area contributed by atoms with E-state index < -0.39 is 10.0 Å². The van der Waals surface area contributed by atoms with Crippen LogP contribution >= 0.6 is 27.3 Å². The molecule has 0 aromatic carbocycles. The van der Waals surface area contributed by atoms with Crippen LogP contribution in [0.4, 0.5) is 0 Å². The van der Waals surface area contributed by atoms with Crippen molar-refractivity contribution in [2.75, 3.05) is 33.4 Å². The van der Waals surface area contributed by atoms with E-state index in [2.05, 4.69) is 34.7 Å². The van der Waals surface area contributed by atoms with E-state index >= 15 is 0 Å². The van der Waals surface area contributed by atoms with Gasteiger partial charge in [-0.1, -0.05) is 0 Å². The second-order valence-corrected chi connectivity index (χ2v) is 9.94. The molecule has 1 saturated heterocycles. The van der Waals surface area contributed by atoms with Crippen LogP contribution in [0.25, 0.3) is 0 Å². The zero-order valence-electron chi connectivity index (χ0n) is 12.5. The number of hydrogen-bond acceptors (Lipinski definition) is 5. The van der Waals surface area contributed by atoms with Crippen molar-refractivity contribution in [2.24, 2.45) is 0 Å². The van der Waals surface area contributed by atoms with Gasteiger partial charge in [-0.25, -0.2) is 8.42 Å². The quantitative estimate of drug-likeness (QED) is 0.765. The molecular formula is C13H21BrN2O3S2. The molecule has 0 aliphatic carbocycles. The highest BCUT2D eigenvalue weighted by molar-refractivity contribution is 9.11. The van der Waals surface area contributed by atoms with E-state index in [0.29, 0.717) is 23.9 Å². The molecule has 21 heavy (non-hydrogen) atoms. The Balaban J connectivity index is 2.13. The van der Waals surface area contributed by atoms with Gasteiger partial charge in [0.05, 0.1) is 10.4 Å². The first kappa shape index (κ1) is 17.4. The van der Waals surface area contributed by atoms with Crippen molar-refractivity contribution in [1.29, 1.82) is 0 Å². The van der Waals surface area contributed by atoms with Gasteiger partial charge in [-0.2, -0.15) is 4.31 Å². The molecule has 5 nitrogen and oxygen atoms in total. The summed E-state index contributed by atoms with van der Waals surface area (Å²) in [5.74, 6) is 0. The van der Waals surface area contributed by atoms with Crippen LogP contribution in [-0.4, -0.2) is 63.1 Å². The van der Waals surface area contributed by atoms with Crippen LogP contribution in [0, 0.1) is 0 Å². The van der Waals surface area contributed by atoms with E-state index in [0.717, 1.165) is 10.3 Å². The molecule has 1 aromatic rings. The molecule has 1 fully saturated rings. The Hall–Kier alpha value is 0.01000. The second kappa shape index (κ2) is 7.06. The number of sulfonamides is 1. The smallest absolute Gasteiger partial charge is 0.252 e. The Morgan fingerprint density at radius 3 is 2.43 bits per heavy atom. The molecule has 0 saturated carbocycles. The third-order valence-corrected chi connectivity index (χ3v) is 7.69. The molecule has 2 heterocycles. The summed E-state index contributed by atoms with van der Waals surface area (Å²) in [6.07, 6.45) is 0. The fraction of sp³-hybridized carbons (Fsp3) is 0.692. The van der Waals surface area contributed by atoms with Gasteiger partial charge in [0, 0.05) is 38.8 Å². The van der Waals surface area contributed by atoms with Crippen LogP contribution in [-0.2, 0) is 14.8 Å². The predicted octanol–water partition coefficient (Wildman–Crippen LogP) is 2.24. The molecular weight excluding hydrogens is 376 g/mol. The van der Waals surface area contributed by atoms with E-state index in [4.69, 9.17) is 4.74 Å². The third kappa shape index (κ3) is 3.86. The molecule has 0 radical (unpaired) electrons. The van der Waals surface area contributed by atoms with Gasteiger partial charge in [0.2, 0.25) is 0 Å². The lowest BCUT2D eigenvalue weighted by Gasteiger charge is -2.43. The van der Waals surface area contributed by atoms with Crippen LogP contribution in [0.15, 0.2) is 20.1 Å². The van der Waals surface area contributed by atoms with Crippen molar-refractivity contribution < 1.29 is 13.2 Å². The van der Waals surface area contributed by atoms with Crippen LogP contribution in [0.2, 0.25) is 0 Å². The number of thiophene rings is 1. The van der Waals surface area contributed by atoms with Gasteiger partial charge >= 0.3 is 0 Å². The van der Waals surface area contributed by atoms with Gasteiger partial charge in [0.1, 0.15) is 4.21 Å². The molecule has 0 N–H and O–H groups in total. The van der Waals surface area contributed by atoms with Crippen LogP contribution in [0.3, 0.4) is 0 Å². The zero-order chi connectivity index (χ0) is 15.6. The normalized spacial score (nSPS) is 25.3. The van der Waals surface area contributed by atoms with Crippen LogP contribution in [0.1, 0.15) is 13.8 Å². The number of nitrogens with zero attached hydrogens (tertiary/aromatic N) is 2. The topological polar surface area (TPSA) is 49.9 Å². The first-order chi connectivity index (χ1) is 9.86. The van der Waals surface area contributed by atoms with Gasteiger partial charge in [0.15, 0.2) is 0 Å². The summed E-state index contributed by atoms with van der Waals surface area (Å²) in [7, 11) is -1.70. The highest BCUT2D eigenvalue weighted by atomic mass is 79.9. The highest BCUT2D eigenvalue weighted by Gasteiger charge is 2.36. The summed E-state index contributed by atoms with van der Waals surface area (Å²) in [4.78, 5) is 2.31. The summed E-state index contributed by atoms with van der Waals surface area (Å²) in [5, 5.41) is 0. The van der Waals surface area contributed by atoms with Crippen molar-refractivity contribution >= 4 is 37.3 Å². The average molecular weight is 397 g/mol.